The van der Waals surface area contributed by atoms with Gasteiger partial charge < -0.3 is 10.0 Å². The van der Waals surface area contributed by atoms with Crippen molar-refractivity contribution < 1.29 is 9.90 Å². The average molecular weight is 317 g/mol. The van der Waals surface area contributed by atoms with Gasteiger partial charge in [0.2, 0.25) is 0 Å². The van der Waals surface area contributed by atoms with E-state index in [-0.39, 0.29) is 12.5 Å². The summed E-state index contributed by atoms with van der Waals surface area (Å²) in [5, 5.41) is 9.88. The van der Waals surface area contributed by atoms with Gasteiger partial charge in [0.15, 0.2) is 0 Å². The zero-order chi connectivity index (χ0) is 15.5. The maximum Gasteiger partial charge on any atom is 0.272 e. The molecule has 2 heterocycles. The number of nitrogens with zero attached hydrogens (tertiary/aromatic N) is 2. The molecule has 2 aromatic rings. The number of aliphatic hydroxyl groups excluding tert-OH is 1. The SMILES string of the molecule is O=C(c1cc(CO)ccn1)N1CC[C@@H](c2cccc(Cl)c2)C1. The van der Waals surface area contributed by atoms with Crippen LogP contribution in [0.2, 0.25) is 5.02 Å². The van der Waals surface area contributed by atoms with Crippen molar-refractivity contribution in [2.24, 2.45) is 0 Å². The van der Waals surface area contributed by atoms with E-state index in [1.165, 1.54) is 5.56 Å². The summed E-state index contributed by atoms with van der Waals surface area (Å²) in [6, 6.07) is 11.2. The summed E-state index contributed by atoms with van der Waals surface area (Å²) >= 11 is 6.04. The van der Waals surface area contributed by atoms with Crippen LogP contribution < -0.4 is 0 Å². The van der Waals surface area contributed by atoms with E-state index in [2.05, 4.69) is 11.1 Å². The summed E-state index contributed by atoms with van der Waals surface area (Å²) in [5.74, 6) is 0.225. The normalized spacial score (nSPS) is 17.7. The largest absolute Gasteiger partial charge is 0.392 e. The minimum atomic E-state index is -0.0893. The number of amides is 1. The number of pyridine rings is 1. The van der Waals surface area contributed by atoms with E-state index in [4.69, 9.17) is 16.7 Å². The van der Waals surface area contributed by atoms with E-state index in [0.29, 0.717) is 30.3 Å². The van der Waals surface area contributed by atoms with E-state index < -0.39 is 0 Å². The number of aliphatic hydroxyl groups is 1. The lowest BCUT2D eigenvalue weighted by Gasteiger charge is -2.16. The fraction of sp³-hybridized carbons (Fsp3) is 0.294. The average Bonchev–Trinajstić information content (AvgIpc) is 3.04. The highest BCUT2D eigenvalue weighted by molar-refractivity contribution is 6.30. The molecule has 4 nitrogen and oxygen atoms in total. The highest BCUT2D eigenvalue weighted by Crippen LogP contribution is 2.29. The lowest BCUT2D eigenvalue weighted by Crippen LogP contribution is -2.29. The van der Waals surface area contributed by atoms with Crippen LogP contribution in [-0.4, -0.2) is 34.0 Å². The molecule has 3 rings (SSSR count). The first-order valence-electron chi connectivity index (χ1n) is 7.28. The Morgan fingerprint density at radius 3 is 3.00 bits per heavy atom. The number of halogens is 1. The van der Waals surface area contributed by atoms with Crippen molar-refractivity contribution in [3.63, 3.8) is 0 Å². The Morgan fingerprint density at radius 1 is 1.36 bits per heavy atom. The number of likely N-dealkylation sites (tertiary alicyclic amines) is 1. The van der Waals surface area contributed by atoms with Crippen LogP contribution in [0.25, 0.3) is 0 Å². The summed E-state index contributed by atoms with van der Waals surface area (Å²) in [6.45, 7) is 1.29. The topological polar surface area (TPSA) is 53.4 Å². The first-order chi connectivity index (χ1) is 10.7. The molecule has 114 valence electrons. The van der Waals surface area contributed by atoms with Crippen LogP contribution in [0.1, 0.15) is 34.0 Å². The van der Waals surface area contributed by atoms with Crippen LogP contribution in [0.3, 0.4) is 0 Å². The highest BCUT2D eigenvalue weighted by Gasteiger charge is 2.28. The van der Waals surface area contributed by atoms with Crippen molar-refractivity contribution in [1.82, 2.24) is 9.88 Å². The summed E-state index contributed by atoms with van der Waals surface area (Å²) in [6.07, 6.45) is 2.48. The second-order valence-electron chi connectivity index (χ2n) is 5.50. The zero-order valence-corrected chi connectivity index (χ0v) is 12.8. The highest BCUT2D eigenvalue weighted by atomic mass is 35.5. The molecule has 1 amide bonds. The minimum absolute atomic E-state index is 0.0835. The minimum Gasteiger partial charge on any atom is -0.392 e. The molecule has 0 spiro atoms. The Balaban J connectivity index is 1.73. The lowest BCUT2D eigenvalue weighted by atomic mass is 9.99. The van der Waals surface area contributed by atoms with Gasteiger partial charge in [0.1, 0.15) is 5.69 Å². The number of benzene rings is 1. The van der Waals surface area contributed by atoms with Crippen molar-refractivity contribution in [1.29, 1.82) is 0 Å². The molecule has 0 unspecified atom stereocenters. The predicted octanol–water partition coefficient (Wildman–Crippen LogP) is 2.86. The molecular formula is C17H17ClN2O2. The Bertz CT molecular complexity index is 690. The van der Waals surface area contributed by atoms with Gasteiger partial charge in [0.05, 0.1) is 6.61 Å². The van der Waals surface area contributed by atoms with Gasteiger partial charge in [-0.15, -0.1) is 0 Å². The van der Waals surface area contributed by atoms with Crippen molar-refractivity contribution in [2.75, 3.05) is 13.1 Å². The number of aromatic nitrogens is 1. The van der Waals surface area contributed by atoms with Gasteiger partial charge in [-0.3, -0.25) is 9.78 Å². The molecule has 1 aromatic heterocycles. The van der Waals surface area contributed by atoms with Gasteiger partial charge in [0.25, 0.3) is 5.91 Å². The van der Waals surface area contributed by atoms with E-state index in [9.17, 15) is 4.79 Å². The summed E-state index contributed by atoms with van der Waals surface area (Å²) < 4.78 is 0. The Labute approximate surface area is 134 Å². The molecule has 1 aliphatic heterocycles. The van der Waals surface area contributed by atoms with Crippen LogP contribution in [-0.2, 0) is 6.61 Å². The summed E-state index contributed by atoms with van der Waals surface area (Å²) in [7, 11) is 0. The van der Waals surface area contributed by atoms with Crippen LogP contribution in [0, 0.1) is 0 Å². The molecule has 5 heteroatoms. The van der Waals surface area contributed by atoms with Gasteiger partial charge in [-0.1, -0.05) is 23.7 Å². The fourth-order valence-corrected chi connectivity index (χ4v) is 3.03. The standard InChI is InChI=1S/C17H17ClN2O2/c18-15-3-1-2-13(9-15)14-5-7-20(10-14)17(22)16-8-12(11-21)4-6-19-16/h1-4,6,8-9,14,21H,5,7,10-11H2/t14-/m1/s1. The number of carbonyl (C=O) groups is 1. The molecule has 1 saturated heterocycles. The van der Waals surface area contributed by atoms with E-state index in [0.717, 1.165) is 11.4 Å². The molecule has 0 bridgehead atoms. The van der Waals surface area contributed by atoms with Gasteiger partial charge in [-0.25, -0.2) is 0 Å². The van der Waals surface area contributed by atoms with Crippen molar-refractivity contribution in [3.05, 3.63) is 64.4 Å². The number of hydrogen-bond donors (Lipinski definition) is 1. The lowest BCUT2D eigenvalue weighted by molar-refractivity contribution is 0.0785. The van der Waals surface area contributed by atoms with Crippen LogP contribution in [0.5, 0.6) is 0 Å². The molecule has 0 saturated carbocycles. The number of carbonyl (C=O) groups excluding carboxylic acids is 1. The molecule has 0 aliphatic carbocycles. The molecule has 1 aliphatic rings. The predicted molar refractivity (Wildman–Crippen MR) is 84.9 cm³/mol. The Hall–Kier alpha value is -1.91. The van der Waals surface area contributed by atoms with Crippen molar-refractivity contribution in [3.8, 4) is 0 Å². The quantitative estimate of drug-likeness (QED) is 0.947. The Kier molecular flexibility index (Phi) is 4.41. The number of hydrogen-bond acceptors (Lipinski definition) is 3. The van der Waals surface area contributed by atoms with Crippen molar-refractivity contribution >= 4 is 17.5 Å². The first-order valence-corrected chi connectivity index (χ1v) is 7.65. The van der Waals surface area contributed by atoms with E-state index in [1.54, 1.807) is 18.3 Å². The third-order valence-corrected chi connectivity index (χ3v) is 4.26. The summed E-state index contributed by atoms with van der Waals surface area (Å²) in [4.78, 5) is 18.4. The van der Waals surface area contributed by atoms with Crippen LogP contribution in [0.4, 0.5) is 0 Å². The smallest absolute Gasteiger partial charge is 0.272 e. The molecule has 0 radical (unpaired) electrons. The van der Waals surface area contributed by atoms with E-state index >= 15 is 0 Å². The second kappa shape index (κ2) is 6.46. The molecule has 1 aromatic carbocycles. The summed E-state index contributed by atoms with van der Waals surface area (Å²) in [5.41, 5.74) is 2.25. The van der Waals surface area contributed by atoms with Crippen LogP contribution in [0.15, 0.2) is 42.6 Å². The van der Waals surface area contributed by atoms with Gasteiger partial charge in [0, 0.05) is 30.2 Å². The third-order valence-electron chi connectivity index (χ3n) is 4.02. The molecular weight excluding hydrogens is 300 g/mol. The van der Waals surface area contributed by atoms with Gasteiger partial charge >= 0.3 is 0 Å². The third kappa shape index (κ3) is 3.13. The van der Waals surface area contributed by atoms with E-state index in [1.807, 2.05) is 23.1 Å². The maximum absolute atomic E-state index is 12.5. The van der Waals surface area contributed by atoms with Crippen LogP contribution >= 0.6 is 11.6 Å². The molecule has 22 heavy (non-hydrogen) atoms. The second-order valence-corrected chi connectivity index (χ2v) is 5.94. The molecule has 1 atom stereocenters. The maximum atomic E-state index is 12.5. The van der Waals surface area contributed by atoms with Gasteiger partial charge in [-0.2, -0.15) is 0 Å². The molecule has 1 N–H and O–H groups in total. The van der Waals surface area contributed by atoms with Gasteiger partial charge in [-0.05, 0) is 41.8 Å². The first kappa shape index (κ1) is 15.0. The monoisotopic (exact) mass is 316 g/mol. The Morgan fingerprint density at radius 2 is 2.23 bits per heavy atom. The molecule has 1 fully saturated rings. The fourth-order valence-electron chi connectivity index (χ4n) is 2.83. The number of rotatable bonds is 3. The zero-order valence-electron chi connectivity index (χ0n) is 12.1. The van der Waals surface area contributed by atoms with Crippen molar-refractivity contribution in [2.45, 2.75) is 18.9 Å².